The van der Waals surface area contributed by atoms with Crippen LogP contribution in [0.4, 0.5) is 0 Å². The van der Waals surface area contributed by atoms with E-state index in [2.05, 4.69) is 63.4 Å². The third kappa shape index (κ3) is 3.69. The summed E-state index contributed by atoms with van der Waals surface area (Å²) >= 11 is 0. The minimum absolute atomic E-state index is 1.18. The van der Waals surface area contributed by atoms with Crippen molar-refractivity contribution in [3.63, 3.8) is 0 Å². The van der Waals surface area contributed by atoms with Crippen LogP contribution >= 0.6 is 0 Å². The molecule has 3 heteroatoms. The topological polar surface area (TPSA) is 3.24 Å². The molecule has 0 unspecified atom stereocenters. The van der Waals surface area contributed by atoms with Crippen LogP contribution in [0, 0.1) is 0 Å². The van der Waals surface area contributed by atoms with Crippen molar-refractivity contribution in [2.45, 2.75) is 53.1 Å². The van der Waals surface area contributed by atoms with Gasteiger partial charge in [0.15, 0.2) is 0 Å². The van der Waals surface area contributed by atoms with E-state index in [0.717, 1.165) is 0 Å². The van der Waals surface area contributed by atoms with Crippen molar-refractivity contribution in [1.82, 2.24) is 4.23 Å². The van der Waals surface area contributed by atoms with Gasteiger partial charge in [-0.3, -0.25) is 0 Å². The van der Waals surface area contributed by atoms with Gasteiger partial charge in [0.05, 0.1) is 0 Å². The lowest BCUT2D eigenvalue weighted by Gasteiger charge is -2.46. The number of hydrogen-bond acceptors (Lipinski definition) is 1. The Labute approximate surface area is 86.0 Å². The molecule has 0 aromatic heterocycles. The van der Waals surface area contributed by atoms with Crippen LogP contribution in [0.5, 0.6) is 0 Å². The average molecular weight is 215 g/mol. The first-order valence-electron chi connectivity index (χ1n) is 5.04. The highest BCUT2D eigenvalue weighted by Crippen LogP contribution is 2.24. The summed E-state index contributed by atoms with van der Waals surface area (Å²) in [5.41, 5.74) is 1.47. The van der Waals surface area contributed by atoms with Crippen molar-refractivity contribution >= 4 is 16.5 Å². The molecule has 0 N–H and O–H groups in total. The summed E-state index contributed by atoms with van der Waals surface area (Å²) in [4.78, 5) is 0. The fraction of sp³-hybridized carbons (Fsp3) is 0.800. The summed E-state index contributed by atoms with van der Waals surface area (Å²) in [6.45, 7) is 19.0. The summed E-state index contributed by atoms with van der Waals surface area (Å²) in [5.74, 6) is 0. The highest BCUT2D eigenvalue weighted by Gasteiger charge is 2.33. The molecule has 13 heavy (non-hydrogen) atoms. The molecular weight excluding hydrogens is 190 g/mol. The predicted molar refractivity (Wildman–Crippen MR) is 68.0 cm³/mol. The molecule has 0 radical (unpaired) electrons. The van der Waals surface area contributed by atoms with Crippen molar-refractivity contribution in [2.75, 3.05) is 0 Å². The number of rotatable bonds is 3. The summed E-state index contributed by atoms with van der Waals surface area (Å²) < 4.78 is 2.74. The molecule has 1 nitrogen and oxygen atoms in total. The monoisotopic (exact) mass is 215 g/mol. The Bertz CT molecular complexity index is 182. The van der Waals surface area contributed by atoms with Crippen LogP contribution in [-0.4, -0.2) is 20.7 Å². The SMILES string of the molecule is C/C=C(\C)N([Si](C)(C)C)[Si](C)(C)C. The normalized spacial score (nSPS) is 14.6. The van der Waals surface area contributed by atoms with Crippen LogP contribution in [0.1, 0.15) is 13.8 Å². The Morgan fingerprint density at radius 1 is 0.923 bits per heavy atom. The Morgan fingerprint density at radius 2 is 1.23 bits per heavy atom. The summed E-state index contributed by atoms with van der Waals surface area (Å²) in [7, 11) is -2.36. The average Bonchev–Trinajstić information content (AvgIpc) is 1.80. The van der Waals surface area contributed by atoms with Gasteiger partial charge in [0.1, 0.15) is 16.5 Å². The van der Waals surface area contributed by atoms with E-state index in [1.807, 2.05) is 0 Å². The van der Waals surface area contributed by atoms with Crippen molar-refractivity contribution in [2.24, 2.45) is 0 Å². The van der Waals surface area contributed by atoms with E-state index < -0.39 is 16.5 Å². The molecule has 0 amide bonds. The van der Waals surface area contributed by atoms with Crippen molar-refractivity contribution in [1.29, 1.82) is 0 Å². The molecular formula is C10H25NSi2. The summed E-state index contributed by atoms with van der Waals surface area (Å²) in [5, 5.41) is 0. The predicted octanol–water partition coefficient (Wildman–Crippen LogP) is 3.88. The van der Waals surface area contributed by atoms with Gasteiger partial charge in [0.25, 0.3) is 0 Å². The lowest BCUT2D eigenvalue weighted by atomic mass is 10.5. The van der Waals surface area contributed by atoms with Crippen LogP contribution in [-0.2, 0) is 0 Å². The maximum absolute atomic E-state index is 2.74. The van der Waals surface area contributed by atoms with Gasteiger partial charge in [-0.15, -0.1) is 0 Å². The van der Waals surface area contributed by atoms with Crippen molar-refractivity contribution < 1.29 is 0 Å². The van der Waals surface area contributed by atoms with E-state index in [0.29, 0.717) is 0 Å². The quantitative estimate of drug-likeness (QED) is 0.646. The van der Waals surface area contributed by atoms with Crippen molar-refractivity contribution in [3.05, 3.63) is 11.8 Å². The van der Waals surface area contributed by atoms with E-state index in [-0.39, 0.29) is 0 Å². The van der Waals surface area contributed by atoms with Gasteiger partial charge in [-0.1, -0.05) is 45.4 Å². The second kappa shape index (κ2) is 4.01. The molecule has 0 aromatic rings. The molecule has 0 atom stereocenters. The van der Waals surface area contributed by atoms with Crippen LogP contribution in [0.15, 0.2) is 11.8 Å². The van der Waals surface area contributed by atoms with Gasteiger partial charge in [-0.25, -0.2) is 0 Å². The molecule has 0 aromatic carbocycles. The molecule has 0 saturated carbocycles. The Hall–Kier alpha value is -0.0262. The van der Waals surface area contributed by atoms with Gasteiger partial charge < -0.3 is 4.23 Å². The molecule has 0 saturated heterocycles. The molecule has 0 heterocycles. The minimum atomic E-state index is -1.18. The largest absolute Gasteiger partial charge is 0.428 e. The summed E-state index contributed by atoms with van der Waals surface area (Å²) in [6, 6.07) is 0. The van der Waals surface area contributed by atoms with Crippen LogP contribution in [0.3, 0.4) is 0 Å². The van der Waals surface area contributed by atoms with Crippen LogP contribution in [0.25, 0.3) is 0 Å². The highest BCUT2D eigenvalue weighted by atomic mass is 28.4. The van der Waals surface area contributed by atoms with Gasteiger partial charge in [-0.05, 0) is 19.5 Å². The number of nitrogens with zero attached hydrogens (tertiary/aromatic N) is 1. The zero-order valence-electron chi connectivity index (χ0n) is 10.5. The molecule has 0 bridgehead atoms. The zero-order chi connectivity index (χ0) is 10.9. The van der Waals surface area contributed by atoms with E-state index in [1.54, 1.807) is 0 Å². The molecule has 0 aliphatic rings. The molecule has 0 aliphatic carbocycles. The first-order valence-corrected chi connectivity index (χ1v) is 11.9. The van der Waals surface area contributed by atoms with Crippen molar-refractivity contribution in [3.8, 4) is 0 Å². The van der Waals surface area contributed by atoms with Gasteiger partial charge in [-0.2, -0.15) is 0 Å². The van der Waals surface area contributed by atoms with E-state index in [1.165, 1.54) is 5.70 Å². The zero-order valence-corrected chi connectivity index (χ0v) is 12.5. The maximum Gasteiger partial charge on any atom is 0.138 e. The van der Waals surface area contributed by atoms with Gasteiger partial charge in [0.2, 0.25) is 0 Å². The first-order chi connectivity index (χ1) is 5.60. The highest BCUT2D eigenvalue weighted by molar-refractivity contribution is 6.90. The second-order valence-corrected chi connectivity index (χ2v) is 15.6. The number of allylic oxidation sites excluding steroid dienone is 2. The molecule has 78 valence electrons. The minimum Gasteiger partial charge on any atom is -0.428 e. The van der Waals surface area contributed by atoms with E-state index in [4.69, 9.17) is 0 Å². The Balaban J connectivity index is 5.01. The van der Waals surface area contributed by atoms with Gasteiger partial charge in [0, 0.05) is 0 Å². The van der Waals surface area contributed by atoms with E-state index in [9.17, 15) is 0 Å². The lowest BCUT2D eigenvalue weighted by molar-refractivity contribution is 0.753. The van der Waals surface area contributed by atoms with Crippen LogP contribution in [0.2, 0.25) is 39.3 Å². The number of hydrogen-bond donors (Lipinski definition) is 0. The summed E-state index contributed by atoms with van der Waals surface area (Å²) in [6.07, 6.45) is 2.25. The van der Waals surface area contributed by atoms with Crippen LogP contribution < -0.4 is 0 Å². The standard InChI is InChI=1S/C10H25NSi2/c1-9-10(2)11(12(3,4)5)13(6,7)8/h9H,1-8H3/b10-9+. The molecule has 0 fully saturated rings. The fourth-order valence-corrected chi connectivity index (χ4v) is 12.6. The first kappa shape index (κ1) is 13.0. The second-order valence-electron chi connectivity index (χ2n) is 5.61. The molecule has 0 aliphatic heterocycles. The molecule has 0 rings (SSSR count). The third-order valence-electron chi connectivity index (χ3n) is 2.11. The molecule has 0 spiro atoms. The fourth-order valence-electron chi connectivity index (χ4n) is 2.19. The maximum atomic E-state index is 2.74. The Morgan fingerprint density at radius 3 is 1.31 bits per heavy atom. The lowest BCUT2D eigenvalue weighted by Crippen LogP contribution is -2.57. The van der Waals surface area contributed by atoms with E-state index >= 15 is 0 Å². The smallest absolute Gasteiger partial charge is 0.138 e. The third-order valence-corrected chi connectivity index (χ3v) is 9.53. The van der Waals surface area contributed by atoms with Gasteiger partial charge >= 0.3 is 0 Å². The Kier molecular flexibility index (Phi) is 4.00.